The maximum absolute atomic E-state index is 11.1. The van der Waals surface area contributed by atoms with Crippen molar-refractivity contribution < 1.29 is 9.90 Å². The molecule has 1 unspecified atom stereocenters. The van der Waals surface area contributed by atoms with E-state index in [1.54, 1.807) is 0 Å². The SMILES string of the molecule is CCCc1ccc(C(CCC)C2CCC(C(=O)O)CC2)cc1. The van der Waals surface area contributed by atoms with E-state index in [2.05, 4.69) is 38.1 Å². The molecule has 0 radical (unpaired) electrons. The summed E-state index contributed by atoms with van der Waals surface area (Å²) in [4.78, 5) is 11.1. The lowest BCUT2D eigenvalue weighted by Gasteiger charge is -2.33. The Balaban J connectivity index is 2.04. The van der Waals surface area contributed by atoms with Gasteiger partial charge >= 0.3 is 5.97 Å². The maximum Gasteiger partial charge on any atom is 0.306 e. The molecule has 2 nitrogen and oxygen atoms in total. The number of carboxylic acids is 1. The van der Waals surface area contributed by atoms with Gasteiger partial charge in [0, 0.05) is 0 Å². The van der Waals surface area contributed by atoms with Gasteiger partial charge in [-0.2, -0.15) is 0 Å². The third kappa shape index (κ3) is 4.34. The number of carboxylic acid groups (broad SMARTS) is 1. The van der Waals surface area contributed by atoms with E-state index in [1.807, 2.05) is 0 Å². The maximum atomic E-state index is 11.1. The van der Waals surface area contributed by atoms with Crippen molar-refractivity contribution in [3.8, 4) is 0 Å². The average molecular weight is 302 g/mol. The largest absolute Gasteiger partial charge is 0.481 e. The van der Waals surface area contributed by atoms with Gasteiger partial charge in [-0.05, 0) is 61.5 Å². The van der Waals surface area contributed by atoms with Gasteiger partial charge in [0.15, 0.2) is 0 Å². The highest BCUT2D eigenvalue weighted by Crippen LogP contribution is 2.40. The standard InChI is InChI=1S/C20H30O2/c1-3-5-15-7-9-16(10-8-15)19(6-4-2)17-11-13-18(14-12-17)20(21)22/h7-10,17-19H,3-6,11-14H2,1-2H3,(H,21,22). The Morgan fingerprint density at radius 3 is 2.23 bits per heavy atom. The highest BCUT2D eigenvalue weighted by Gasteiger charge is 2.30. The fourth-order valence-corrected chi connectivity index (χ4v) is 3.97. The van der Waals surface area contributed by atoms with Crippen molar-refractivity contribution in [3.63, 3.8) is 0 Å². The van der Waals surface area contributed by atoms with Crippen LogP contribution in [0.3, 0.4) is 0 Å². The zero-order valence-electron chi connectivity index (χ0n) is 14.1. The second-order valence-corrected chi connectivity index (χ2v) is 6.84. The lowest BCUT2D eigenvalue weighted by molar-refractivity contribution is -0.143. The summed E-state index contributed by atoms with van der Waals surface area (Å²) in [6.07, 6.45) is 8.61. The van der Waals surface area contributed by atoms with E-state index < -0.39 is 5.97 Å². The first-order valence-electron chi connectivity index (χ1n) is 8.97. The van der Waals surface area contributed by atoms with Gasteiger partial charge < -0.3 is 5.11 Å². The van der Waals surface area contributed by atoms with Crippen LogP contribution in [0.5, 0.6) is 0 Å². The molecule has 0 amide bonds. The molecule has 1 aromatic carbocycles. The number of hydrogen-bond acceptors (Lipinski definition) is 1. The zero-order valence-corrected chi connectivity index (χ0v) is 14.1. The first-order chi connectivity index (χ1) is 10.7. The normalized spacial score (nSPS) is 23.2. The van der Waals surface area contributed by atoms with Gasteiger partial charge in [-0.15, -0.1) is 0 Å². The molecule has 0 bridgehead atoms. The molecular weight excluding hydrogens is 272 g/mol. The summed E-state index contributed by atoms with van der Waals surface area (Å²) in [5.74, 6) is 0.558. The molecular formula is C20H30O2. The Labute approximate surface area is 134 Å². The van der Waals surface area contributed by atoms with Crippen LogP contribution in [0.2, 0.25) is 0 Å². The van der Waals surface area contributed by atoms with Crippen LogP contribution in [0.4, 0.5) is 0 Å². The van der Waals surface area contributed by atoms with E-state index in [1.165, 1.54) is 30.4 Å². The van der Waals surface area contributed by atoms with Gasteiger partial charge in [-0.3, -0.25) is 4.79 Å². The van der Waals surface area contributed by atoms with Gasteiger partial charge in [0.25, 0.3) is 0 Å². The third-order valence-corrected chi connectivity index (χ3v) is 5.24. The van der Waals surface area contributed by atoms with Gasteiger partial charge in [0.1, 0.15) is 0 Å². The molecule has 2 rings (SSSR count). The van der Waals surface area contributed by atoms with Gasteiger partial charge in [-0.25, -0.2) is 0 Å². The van der Waals surface area contributed by atoms with E-state index in [4.69, 9.17) is 5.11 Å². The van der Waals surface area contributed by atoms with Gasteiger partial charge in [-0.1, -0.05) is 51.0 Å². The molecule has 1 N–H and O–H groups in total. The number of aryl methyl sites for hydroxylation is 1. The summed E-state index contributed by atoms with van der Waals surface area (Å²) in [5, 5.41) is 9.16. The molecule has 1 fully saturated rings. The van der Waals surface area contributed by atoms with Crippen LogP contribution in [0, 0.1) is 11.8 Å². The molecule has 0 aromatic heterocycles. The Hall–Kier alpha value is -1.31. The van der Waals surface area contributed by atoms with Crippen molar-refractivity contribution in [1.82, 2.24) is 0 Å². The fourth-order valence-electron chi connectivity index (χ4n) is 3.97. The molecule has 1 aromatic rings. The molecule has 1 atom stereocenters. The van der Waals surface area contributed by atoms with Crippen LogP contribution < -0.4 is 0 Å². The van der Waals surface area contributed by atoms with E-state index in [9.17, 15) is 4.79 Å². The number of carbonyl (C=O) groups is 1. The Bertz CT molecular complexity index is 455. The van der Waals surface area contributed by atoms with Gasteiger partial charge in [0.2, 0.25) is 0 Å². The third-order valence-electron chi connectivity index (χ3n) is 5.24. The van der Waals surface area contributed by atoms with Crippen LogP contribution in [-0.4, -0.2) is 11.1 Å². The van der Waals surface area contributed by atoms with Crippen LogP contribution in [-0.2, 0) is 11.2 Å². The Morgan fingerprint density at radius 2 is 1.73 bits per heavy atom. The van der Waals surface area contributed by atoms with Crippen molar-refractivity contribution in [2.75, 3.05) is 0 Å². The summed E-state index contributed by atoms with van der Waals surface area (Å²) in [5.41, 5.74) is 2.89. The molecule has 1 saturated carbocycles. The van der Waals surface area contributed by atoms with Crippen molar-refractivity contribution in [3.05, 3.63) is 35.4 Å². The summed E-state index contributed by atoms with van der Waals surface area (Å²) in [6, 6.07) is 9.19. The van der Waals surface area contributed by atoms with Crippen molar-refractivity contribution >= 4 is 5.97 Å². The predicted octanol–water partition coefficient (Wildman–Crippen LogP) is 5.41. The smallest absolute Gasteiger partial charge is 0.306 e. The van der Waals surface area contributed by atoms with E-state index in [-0.39, 0.29) is 5.92 Å². The van der Waals surface area contributed by atoms with Crippen LogP contribution >= 0.6 is 0 Å². The molecule has 122 valence electrons. The lowest BCUT2D eigenvalue weighted by atomic mass is 9.72. The summed E-state index contributed by atoms with van der Waals surface area (Å²) < 4.78 is 0. The quantitative estimate of drug-likeness (QED) is 0.730. The highest BCUT2D eigenvalue weighted by atomic mass is 16.4. The van der Waals surface area contributed by atoms with Crippen molar-refractivity contribution in [1.29, 1.82) is 0 Å². The second kappa shape index (κ2) is 8.36. The molecule has 1 aliphatic rings. The first-order valence-corrected chi connectivity index (χ1v) is 8.97. The first kappa shape index (κ1) is 17.1. The summed E-state index contributed by atoms with van der Waals surface area (Å²) >= 11 is 0. The molecule has 0 aliphatic heterocycles. The zero-order chi connectivity index (χ0) is 15.9. The van der Waals surface area contributed by atoms with E-state index in [0.29, 0.717) is 11.8 Å². The van der Waals surface area contributed by atoms with Crippen molar-refractivity contribution in [2.24, 2.45) is 11.8 Å². The average Bonchev–Trinajstić information content (AvgIpc) is 2.54. The molecule has 0 saturated heterocycles. The minimum absolute atomic E-state index is 0.106. The molecule has 0 spiro atoms. The monoisotopic (exact) mass is 302 g/mol. The van der Waals surface area contributed by atoms with E-state index >= 15 is 0 Å². The minimum Gasteiger partial charge on any atom is -0.481 e. The van der Waals surface area contributed by atoms with Gasteiger partial charge in [0.05, 0.1) is 5.92 Å². The second-order valence-electron chi connectivity index (χ2n) is 6.84. The highest BCUT2D eigenvalue weighted by molar-refractivity contribution is 5.70. The summed E-state index contributed by atoms with van der Waals surface area (Å²) in [7, 11) is 0. The number of rotatable bonds is 7. The fraction of sp³-hybridized carbons (Fsp3) is 0.650. The minimum atomic E-state index is -0.602. The number of aliphatic carboxylic acids is 1. The number of hydrogen-bond donors (Lipinski definition) is 1. The van der Waals surface area contributed by atoms with Crippen molar-refractivity contribution in [2.45, 2.75) is 71.1 Å². The lowest BCUT2D eigenvalue weighted by Crippen LogP contribution is -2.25. The van der Waals surface area contributed by atoms with E-state index in [0.717, 1.165) is 32.1 Å². The Morgan fingerprint density at radius 1 is 1.09 bits per heavy atom. The number of benzene rings is 1. The molecule has 1 aliphatic carbocycles. The predicted molar refractivity (Wildman–Crippen MR) is 91.2 cm³/mol. The van der Waals surface area contributed by atoms with Crippen LogP contribution in [0.15, 0.2) is 24.3 Å². The van der Waals surface area contributed by atoms with Crippen LogP contribution in [0.25, 0.3) is 0 Å². The summed E-state index contributed by atoms with van der Waals surface area (Å²) in [6.45, 7) is 4.47. The molecule has 0 heterocycles. The van der Waals surface area contributed by atoms with Crippen LogP contribution in [0.1, 0.15) is 75.8 Å². The molecule has 22 heavy (non-hydrogen) atoms. The topological polar surface area (TPSA) is 37.3 Å². The molecule has 2 heteroatoms. The Kier molecular flexibility index (Phi) is 6.48.